The first-order valence-corrected chi connectivity index (χ1v) is 12.5. The minimum absolute atomic E-state index is 0.0515. The van der Waals surface area contributed by atoms with Gasteiger partial charge in [-0.25, -0.2) is 0 Å². The predicted octanol–water partition coefficient (Wildman–Crippen LogP) is 3.92. The van der Waals surface area contributed by atoms with E-state index in [2.05, 4.69) is 33.9 Å². The topological polar surface area (TPSA) is 85.2 Å². The average Bonchev–Trinajstić information content (AvgIpc) is 2.60. The van der Waals surface area contributed by atoms with Gasteiger partial charge in [-0.15, -0.1) is 0 Å². The highest BCUT2D eigenvalue weighted by Gasteiger charge is 2.40. The highest BCUT2D eigenvalue weighted by molar-refractivity contribution is 6.74. The molecule has 0 aliphatic carbocycles. The molecule has 0 saturated carbocycles. The maximum atomic E-state index is 11.2. The first kappa shape index (κ1) is 22.6. The molecule has 2 rings (SSSR count). The van der Waals surface area contributed by atoms with Gasteiger partial charge in [0.25, 0.3) is 0 Å². The zero-order chi connectivity index (χ0) is 20.9. The summed E-state index contributed by atoms with van der Waals surface area (Å²) in [5, 5.41) is 19.7. The molecule has 3 atom stereocenters. The van der Waals surface area contributed by atoms with Crippen molar-refractivity contribution in [3.05, 3.63) is 47.7 Å². The molecule has 2 N–H and O–H groups in total. The van der Waals surface area contributed by atoms with Crippen LogP contribution in [0.5, 0.6) is 0 Å². The molecule has 0 amide bonds. The Kier molecular flexibility index (Phi) is 7.44. The van der Waals surface area contributed by atoms with Gasteiger partial charge in [0.15, 0.2) is 8.32 Å². The Bertz CT molecular complexity index is 680. The molecule has 1 aromatic rings. The molecule has 28 heavy (non-hydrogen) atoms. The van der Waals surface area contributed by atoms with Crippen LogP contribution in [0.3, 0.4) is 0 Å². The molecule has 6 nitrogen and oxygen atoms in total. The third-order valence-electron chi connectivity index (χ3n) is 5.46. The molecule has 1 heterocycles. The zero-order valence-corrected chi connectivity index (χ0v) is 18.3. The Morgan fingerprint density at radius 1 is 1.18 bits per heavy atom. The van der Waals surface area contributed by atoms with Crippen molar-refractivity contribution >= 4 is 14.3 Å². The van der Waals surface area contributed by atoms with E-state index in [1.165, 1.54) is 0 Å². The fraction of sp³-hybridized carbons (Fsp3) is 0.571. The van der Waals surface area contributed by atoms with Crippen LogP contribution in [0.1, 0.15) is 32.8 Å². The van der Waals surface area contributed by atoms with Crippen LogP contribution < -0.4 is 0 Å². The Morgan fingerprint density at radius 3 is 2.39 bits per heavy atom. The van der Waals surface area contributed by atoms with E-state index in [0.29, 0.717) is 5.76 Å². The van der Waals surface area contributed by atoms with E-state index in [1.807, 2.05) is 30.3 Å². The number of aliphatic carboxylic acids is 1. The van der Waals surface area contributed by atoms with Crippen LogP contribution in [0.4, 0.5) is 0 Å². The molecule has 7 heteroatoms. The normalized spacial score (nSPS) is 23.1. The molecule has 0 bridgehead atoms. The summed E-state index contributed by atoms with van der Waals surface area (Å²) in [7, 11) is -1.98. The maximum Gasteiger partial charge on any atom is 0.303 e. The van der Waals surface area contributed by atoms with E-state index in [0.717, 1.165) is 5.56 Å². The molecule has 0 saturated heterocycles. The Hall–Kier alpha value is -1.67. The highest BCUT2D eigenvalue weighted by Crippen LogP contribution is 2.37. The van der Waals surface area contributed by atoms with Crippen molar-refractivity contribution < 1.29 is 28.9 Å². The van der Waals surface area contributed by atoms with Crippen LogP contribution in [-0.4, -0.2) is 43.5 Å². The molecular formula is C21H32O6Si. The minimum atomic E-state index is -1.98. The lowest BCUT2D eigenvalue weighted by Crippen LogP contribution is -2.43. The number of carbonyl (C=O) groups is 1. The number of hydrogen-bond donors (Lipinski definition) is 2. The molecule has 0 radical (unpaired) electrons. The van der Waals surface area contributed by atoms with Gasteiger partial charge in [-0.3, -0.25) is 4.79 Å². The lowest BCUT2D eigenvalue weighted by Gasteiger charge is -2.38. The monoisotopic (exact) mass is 408 g/mol. The van der Waals surface area contributed by atoms with E-state index >= 15 is 0 Å². The molecule has 1 aliphatic rings. The summed E-state index contributed by atoms with van der Waals surface area (Å²) in [6, 6.07) is 9.56. The smallest absolute Gasteiger partial charge is 0.303 e. The summed E-state index contributed by atoms with van der Waals surface area (Å²) in [5.41, 5.74) is 0.947. The predicted molar refractivity (Wildman–Crippen MR) is 109 cm³/mol. The molecule has 0 unspecified atom stereocenters. The first-order valence-electron chi connectivity index (χ1n) is 9.56. The summed E-state index contributed by atoms with van der Waals surface area (Å²) < 4.78 is 17.9. The average molecular weight is 409 g/mol. The minimum Gasteiger partial charge on any atom is -0.481 e. The standard InChI is InChI=1S/C21H32O6Si/c1-21(2,3)28(4,5)26-14-16-11-18(22)17(12-19(23)24)20(27-16)25-13-15-9-7-6-8-10-15/h6-11,17-18,20,22H,12-14H2,1-5H3,(H,23,24)/t17-,18-,20+/m1/s1. The molecule has 0 aromatic heterocycles. The SMILES string of the molecule is CC(C)(C)[Si](C)(C)OCC1=C[C@@H](O)[C@@H](CC(=O)O)[C@@H](OCc2ccccc2)O1. The number of aliphatic hydroxyl groups is 1. The van der Waals surface area contributed by atoms with Gasteiger partial charge in [0.1, 0.15) is 5.76 Å². The van der Waals surface area contributed by atoms with Crippen molar-refractivity contribution in [2.45, 2.75) is 64.3 Å². The number of hydrogen-bond acceptors (Lipinski definition) is 5. The fourth-order valence-corrected chi connectivity index (χ4v) is 3.57. The third kappa shape index (κ3) is 6.17. The van der Waals surface area contributed by atoms with E-state index < -0.39 is 32.6 Å². The van der Waals surface area contributed by atoms with Gasteiger partial charge < -0.3 is 24.1 Å². The van der Waals surface area contributed by atoms with Crippen LogP contribution in [0.25, 0.3) is 0 Å². The maximum absolute atomic E-state index is 11.2. The van der Waals surface area contributed by atoms with Crippen molar-refractivity contribution in [3.63, 3.8) is 0 Å². The fourth-order valence-electron chi connectivity index (χ4n) is 2.63. The Labute approximate surface area is 168 Å². The molecule has 156 valence electrons. The van der Waals surface area contributed by atoms with Crippen LogP contribution in [-0.2, 0) is 25.3 Å². The van der Waals surface area contributed by atoms with Crippen molar-refractivity contribution in [1.29, 1.82) is 0 Å². The second kappa shape index (κ2) is 9.22. The molecule has 0 spiro atoms. The van der Waals surface area contributed by atoms with Crippen LogP contribution >= 0.6 is 0 Å². The zero-order valence-electron chi connectivity index (χ0n) is 17.3. The Balaban J connectivity index is 2.08. The van der Waals surface area contributed by atoms with Gasteiger partial charge in [-0.2, -0.15) is 0 Å². The number of ether oxygens (including phenoxy) is 2. The van der Waals surface area contributed by atoms with E-state index in [1.54, 1.807) is 6.08 Å². The lowest BCUT2D eigenvalue weighted by molar-refractivity contribution is -0.191. The van der Waals surface area contributed by atoms with Crippen LogP contribution in [0.2, 0.25) is 18.1 Å². The summed E-state index contributed by atoms with van der Waals surface area (Å²) in [4.78, 5) is 11.2. The van der Waals surface area contributed by atoms with Gasteiger partial charge in [0.05, 0.1) is 31.7 Å². The van der Waals surface area contributed by atoms with Crippen molar-refractivity contribution in [2.24, 2.45) is 5.92 Å². The van der Waals surface area contributed by atoms with E-state index in [-0.39, 0.29) is 24.7 Å². The van der Waals surface area contributed by atoms with Gasteiger partial charge in [-0.1, -0.05) is 51.1 Å². The third-order valence-corrected chi connectivity index (χ3v) is 9.94. The number of carboxylic acid groups (broad SMARTS) is 1. The van der Waals surface area contributed by atoms with Gasteiger partial charge >= 0.3 is 5.97 Å². The highest BCUT2D eigenvalue weighted by atomic mass is 28.4. The molecular weight excluding hydrogens is 376 g/mol. The second-order valence-corrected chi connectivity index (χ2v) is 13.5. The number of aliphatic hydroxyl groups excluding tert-OH is 1. The first-order chi connectivity index (χ1) is 13.0. The molecule has 1 aromatic carbocycles. The second-order valence-electron chi connectivity index (χ2n) is 8.72. The quantitative estimate of drug-likeness (QED) is 0.634. The largest absolute Gasteiger partial charge is 0.481 e. The summed E-state index contributed by atoms with van der Waals surface area (Å²) >= 11 is 0. The number of carboxylic acids is 1. The van der Waals surface area contributed by atoms with Gasteiger partial charge in [-0.05, 0) is 29.8 Å². The van der Waals surface area contributed by atoms with E-state index in [4.69, 9.17) is 13.9 Å². The van der Waals surface area contributed by atoms with Gasteiger partial charge in [0, 0.05) is 0 Å². The van der Waals surface area contributed by atoms with Crippen LogP contribution in [0.15, 0.2) is 42.2 Å². The summed E-state index contributed by atoms with van der Waals surface area (Å²) in [6.07, 6.45) is -0.519. The van der Waals surface area contributed by atoms with Crippen LogP contribution in [0, 0.1) is 5.92 Å². The van der Waals surface area contributed by atoms with Crippen molar-refractivity contribution in [2.75, 3.05) is 6.61 Å². The number of benzene rings is 1. The van der Waals surface area contributed by atoms with Crippen molar-refractivity contribution in [1.82, 2.24) is 0 Å². The lowest BCUT2D eigenvalue weighted by atomic mass is 9.95. The number of rotatable bonds is 8. The molecule has 0 fully saturated rings. The summed E-state index contributed by atoms with van der Waals surface area (Å²) in [5.74, 6) is -1.20. The summed E-state index contributed by atoms with van der Waals surface area (Å²) in [6.45, 7) is 11.2. The van der Waals surface area contributed by atoms with Crippen molar-refractivity contribution in [3.8, 4) is 0 Å². The molecule has 1 aliphatic heterocycles. The Morgan fingerprint density at radius 2 is 1.82 bits per heavy atom. The van der Waals surface area contributed by atoms with E-state index in [9.17, 15) is 15.0 Å². The van der Waals surface area contributed by atoms with Gasteiger partial charge in [0.2, 0.25) is 6.29 Å².